The average Bonchev–Trinajstić information content (AvgIpc) is 3.27. The first kappa shape index (κ1) is 29.6. The number of para-hydroxylation sites is 2. The number of carboxylic acid groups (broad SMARTS) is 1. The van der Waals surface area contributed by atoms with Gasteiger partial charge in [-0.05, 0) is 86.1 Å². The topological polar surface area (TPSA) is 64.4 Å². The third kappa shape index (κ3) is 8.09. The normalized spacial score (nSPS) is 14.5. The van der Waals surface area contributed by atoms with Gasteiger partial charge in [0.2, 0.25) is 5.95 Å². The monoisotopic (exact) mass is 552 g/mol. The molecule has 5 rings (SSSR count). The molecule has 198 valence electrons. The first-order valence-electron chi connectivity index (χ1n) is 13.5. The number of aliphatic carboxylic acids is 1. The number of rotatable bonds is 9. The van der Waals surface area contributed by atoms with Gasteiger partial charge in [0, 0.05) is 30.6 Å². The van der Waals surface area contributed by atoms with Crippen molar-refractivity contribution >= 4 is 34.6 Å². The molecule has 0 bridgehead atoms. The quantitative estimate of drug-likeness (QED) is 0.295. The predicted octanol–water partition coefficient (Wildman–Crippen LogP) is 1.57. The van der Waals surface area contributed by atoms with Gasteiger partial charge < -0.3 is 24.3 Å². The van der Waals surface area contributed by atoms with Crippen molar-refractivity contribution in [2.24, 2.45) is 0 Å². The Morgan fingerprint density at radius 1 is 0.821 bits per heavy atom. The molecule has 0 amide bonds. The molecule has 3 aromatic carbocycles. The molecule has 2 heterocycles. The average molecular weight is 553 g/mol. The Morgan fingerprint density at radius 2 is 1.44 bits per heavy atom. The van der Waals surface area contributed by atoms with Crippen LogP contribution in [0.1, 0.15) is 36.0 Å². The molecule has 0 aliphatic carbocycles. The number of aromatic nitrogens is 2. The summed E-state index contributed by atoms with van der Waals surface area (Å²) < 4.78 is 2.34. The Bertz CT molecular complexity index is 1350. The number of carbonyl (C=O) groups is 1. The summed E-state index contributed by atoms with van der Waals surface area (Å²) in [5.74, 6) is 0.0527. The Hall–Kier alpha value is -2.35. The molecule has 39 heavy (non-hydrogen) atoms. The summed E-state index contributed by atoms with van der Waals surface area (Å²) in [7, 11) is 0. The van der Waals surface area contributed by atoms with Crippen LogP contribution < -0.4 is 39.6 Å². The Labute approximate surface area is 257 Å². The van der Waals surface area contributed by atoms with Crippen LogP contribution in [0.4, 0.5) is 5.95 Å². The Balaban J connectivity index is 0.00000353. The first-order valence-corrected chi connectivity index (χ1v) is 13.9. The smallest absolute Gasteiger partial charge is 0.550 e. The SMILES string of the molecule is O=C([O-])CCc1ccc(CCN2CCCN(c3nc4ccccc4n3Cc3ccc(Cl)cc3)CCC2)cc1.[Na+]. The largest absolute Gasteiger partial charge is 1.00 e. The van der Waals surface area contributed by atoms with E-state index in [1.807, 2.05) is 24.3 Å². The van der Waals surface area contributed by atoms with E-state index in [-0.39, 0.29) is 36.0 Å². The number of carboxylic acids is 1. The Kier molecular flexibility index (Phi) is 10.9. The van der Waals surface area contributed by atoms with Crippen LogP contribution in [0.15, 0.2) is 72.8 Å². The number of aryl methyl sites for hydroxylation is 1. The summed E-state index contributed by atoms with van der Waals surface area (Å²) in [6.07, 6.45) is 3.78. The molecule has 1 saturated heterocycles. The molecule has 0 saturated carbocycles. The van der Waals surface area contributed by atoms with E-state index in [0.29, 0.717) is 6.42 Å². The van der Waals surface area contributed by atoms with Gasteiger partial charge in [0.15, 0.2) is 0 Å². The van der Waals surface area contributed by atoms with Crippen LogP contribution in [-0.2, 0) is 24.2 Å². The van der Waals surface area contributed by atoms with Crippen LogP contribution in [0.25, 0.3) is 11.0 Å². The van der Waals surface area contributed by atoms with Crippen LogP contribution >= 0.6 is 11.6 Å². The number of benzene rings is 3. The zero-order chi connectivity index (χ0) is 26.3. The van der Waals surface area contributed by atoms with E-state index in [4.69, 9.17) is 16.6 Å². The molecule has 8 heteroatoms. The van der Waals surface area contributed by atoms with Gasteiger partial charge in [-0.1, -0.05) is 60.1 Å². The number of fused-ring (bicyclic) bond motifs is 1. The molecule has 1 aliphatic rings. The molecule has 0 spiro atoms. The zero-order valence-electron chi connectivity index (χ0n) is 22.7. The van der Waals surface area contributed by atoms with Crippen molar-refractivity contribution in [3.63, 3.8) is 0 Å². The third-order valence-corrected chi connectivity index (χ3v) is 7.59. The second-order valence-electron chi connectivity index (χ2n) is 10.1. The summed E-state index contributed by atoms with van der Waals surface area (Å²) in [5.41, 5.74) is 5.75. The first-order chi connectivity index (χ1) is 18.5. The van der Waals surface area contributed by atoms with E-state index in [0.717, 1.165) is 86.1 Å². The fourth-order valence-electron chi connectivity index (χ4n) is 5.26. The second-order valence-corrected chi connectivity index (χ2v) is 10.5. The fraction of sp³-hybridized carbons (Fsp3) is 0.355. The maximum absolute atomic E-state index is 10.7. The van der Waals surface area contributed by atoms with Gasteiger partial charge in [0.05, 0.1) is 17.6 Å². The van der Waals surface area contributed by atoms with Crippen molar-refractivity contribution in [1.29, 1.82) is 0 Å². The van der Waals surface area contributed by atoms with E-state index in [9.17, 15) is 9.90 Å². The molecule has 4 aromatic rings. The number of anilines is 1. The van der Waals surface area contributed by atoms with Crippen molar-refractivity contribution in [3.8, 4) is 0 Å². The van der Waals surface area contributed by atoms with Gasteiger partial charge in [0.25, 0.3) is 0 Å². The van der Waals surface area contributed by atoms with Crippen LogP contribution in [0.3, 0.4) is 0 Å². The minimum Gasteiger partial charge on any atom is -0.550 e. The molecule has 0 unspecified atom stereocenters. The van der Waals surface area contributed by atoms with E-state index in [2.05, 4.69) is 62.9 Å². The molecule has 1 aliphatic heterocycles. The maximum Gasteiger partial charge on any atom is 1.00 e. The molecule has 0 radical (unpaired) electrons. The van der Waals surface area contributed by atoms with Crippen molar-refractivity contribution in [3.05, 3.63) is 94.5 Å². The van der Waals surface area contributed by atoms with E-state index >= 15 is 0 Å². The standard InChI is InChI=1S/C31H35ClN4O2.Na/c32-27-14-11-26(12-15-27)23-36-29-6-2-1-5-28(29)33-31(36)35-20-3-18-34(19-4-21-35)22-17-25-9-7-24(8-10-25)13-16-30(37)38;/h1-2,5-12,14-15H,3-4,13,16-23H2,(H,37,38);/q;+1/p-1. The number of hydrogen-bond donors (Lipinski definition) is 0. The van der Waals surface area contributed by atoms with Gasteiger partial charge in [-0.15, -0.1) is 0 Å². The van der Waals surface area contributed by atoms with Gasteiger partial charge in [-0.2, -0.15) is 0 Å². The van der Waals surface area contributed by atoms with Crippen molar-refractivity contribution in [2.75, 3.05) is 37.6 Å². The van der Waals surface area contributed by atoms with E-state index in [1.165, 1.54) is 11.1 Å². The predicted molar refractivity (Wildman–Crippen MR) is 152 cm³/mol. The second kappa shape index (κ2) is 14.3. The summed E-state index contributed by atoms with van der Waals surface area (Å²) in [6, 6.07) is 24.8. The third-order valence-electron chi connectivity index (χ3n) is 7.33. The minimum atomic E-state index is -0.997. The Morgan fingerprint density at radius 3 is 2.10 bits per heavy atom. The summed E-state index contributed by atoms with van der Waals surface area (Å²) in [4.78, 5) is 20.8. The molecular weight excluding hydrogens is 519 g/mol. The van der Waals surface area contributed by atoms with Gasteiger partial charge in [-0.25, -0.2) is 4.98 Å². The summed E-state index contributed by atoms with van der Waals surface area (Å²) >= 11 is 6.12. The molecule has 1 fully saturated rings. The molecular formula is C31H34ClN4NaO2. The number of carbonyl (C=O) groups excluding carboxylic acids is 1. The minimum absolute atomic E-state index is 0. The van der Waals surface area contributed by atoms with Crippen LogP contribution in [-0.4, -0.2) is 53.1 Å². The number of halogens is 1. The summed E-state index contributed by atoms with van der Waals surface area (Å²) in [5, 5.41) is 11.4. The van der Waals surface area contributed by atoms with Gasteiger partial charge in [-0.3, -0.25) is 0 Å². The molecule has 6 nitrogen and oxygen atoms in total. The molecule has 1 aromatic heterocycles. The number of nitrogens with zero attached hydrogens (tertiary/aromatic N) is 4. The van der Waals surface area contributed by atoms with E-state index in [1.54, 1.807) is 0 Å². The number of imidazole rings is 1. The van der Waals surface area contributed by atoms with E-state index < -0.39 is 5.97 Å². The fourth-order valence-corrected chi connectivity index (χ4v) is 5.38. The maximum atomic E-state index is 10.7. The van der Waals surface area contributed by atoms with Gasteiger partial charge in [0.1, 0.15) is 0 Å². The number of hydrogen-bond acceptors (Lipinski definition) is 5. The van der Waals surface area contributed by atoms with Crippen molar-refractivity contribution < 1.29 is 39.5 Å². The van der Waals surface area contributed by atoms with Crippen LogP contribution in [0.5, 0.6) is 0 Å². The molecule has 0 atom stereocenters. The summed E-state index contributed by atoms with van der Waals surface area (Å²) in [6.45, 7) is 5.89. The van der Waals surface area contributed by atoms with Crippen molar-refractivity contribution in [1.82, 2.24) is 14.5 Å². The van der Waals surface area contributed by atoms with Crippen molar-refractivity contribution in [2.45, 2.75) is 38.6 Å². The molecule has 0 N–H and O–H groups in total. The van der Waals surface area contributed by atoms with Crippen LogP contribution in [0, 0.1) is 0 Å². The zero-order valence-corrected chi connectivity index (χ0v) is 25.4. The van der Waals surface area contributed by atoms with Crippen LogP contribution in [0.2, 0.25) is 5.02 Å². The van der Waals surface area contributed by atoms with Gasteiger partial charge >= 0.3 is 29.6 Å².